The van der Waals surface area contributed by atoms with Crippen LogP contribution in [0.4, 0.5) is 5.95 Å². The summed E-state index contributed by atoms with van der Waals surface area (Å²) in [6, 6.07) is -0.724. The van der Waals surface area contributed by atoms with Crippen LogP contribution in [0.5, 0.6) is 0 Å². The molecule has 1 fully saturated rings. The van der Waals surface area contributed by atoms with Crippen LogP contribution in [-0.4, -0.2) is 26.4 Å². The van der Waals surface area contributed by atoms with Crippen molar-refractivity contribution in [3.63, 3.8) is 0 Å². The van der Waals surface area contributed by atoms with Crippen LogP contribution in [0.2, 0.25) is 0 Å². The van der Waals surface area contributed by atoms with E-state index in [1.807, 2.05) is 4.57 Å². The van der Waals surface area contributed by atoms with Gasteiger partial charge >= 0.3 is 0 Å². The summed E-state index contributed by atoms with van der Waals surface area (Å²) >= 11 is 0. The Morgan fingerprint density at radius 2 is 2.44 bits per heavy atom. The van der Waals surface area contributed by atoms with E-state index in [9.17, 15) is 14.9 Å². The van der Waals surface area contributed by atoms with E-state index in [1.54, 1.807) is 12.4 Å². The highest BCUT2D eigenvalue weighted by Gasteiger charge is 2.53. The third-order valence-corrected chi connectivity index (χ3v) is 2.88. The lowest BCUT2D eigenvalue weighted by molar-refractivity contribution is -0.497. The molecule has 2 atom stereocenters. The molecule has 1 aromatic heterocycles. The van der Waals surface area contributed by atoms with E-state index in [0.29, 0.717) is 18.3 Å². The van der Waals surface area contributed by atoms with Gasteiger partial charge in [-0.3, -0.25) is 20.2 Å². The van der Waals surface area contributed by atoms with Gasteiger partial charge in [0.05, 0.1) is 0 Å². The summed E-state index contributed by atoms with van der Waals surface area (Å²) in [5, 5.41) is 13.1. The van der Waals surface area contributed by atoms with Gasteiger partial charge in [0.1, 0.15) is 5.92 Å². The third-order valence-electron chi connectivity index (χ3n) is 2.88. The predicted octanol–water partition coefficient (Wildman–Crippen LogP) is 1.14. The number of amides is 1. The molecule has 2 unspecified atom stereocenters. The fourth-order valence-corrected chi connectivity index (χ4v) is 1.87. The second kappa shape index (κ2) is 4.75. The van der Waals surface area contributed by atoms with Gasteiger partial charge in [0.25, 0.3) is 0 Å². The van der Waals surface area contributed by atoms with E-state index in [-0.39, 0.29) is 5.91 Å². The normalized spacial score (nSPS) is 21.9. The summed E-state index contributed by atoms with van der Waals surface area (Å²) in [4.78, 5) is 25.9. The average molecular weight is 252 g/mol. The standard InChI is InChI=1S/C11H16N4O3/c1-7(2)6-14-4-3-12-11(14)13-10(16)8-5-9(8)15(17)18/h3-4,7-9H,5-6H2,1-2H3,(H,12,13,16). The number of hydrogen-bond donors (Lipinski definition) is 1. The van der Waals surface area contributed by atoms with Gasteiger partial charge in [-0.25, -0.2) is 4.98 Å². The van der Waals surface area contributed by atoms with Crippen LogP contribution in [0.3, 0.4) is 0 Å². The van der Waals surface area contributed by atoms with Gasteiger partial charge in [0, 0.05) is 30.3 Å². The maximum Gasteiger partial charge on any atom is 0.237 e. The van der Waals surface area contributed by atoms with Crippen LogP contribution >= 0.6 is 0 Å². The molecule has 0 aromatic carbocycles. The first-order valence-electron chi connectivity index (χ1n) is 5.94. The molecule has 7 heteroatoms. The summed E-state index contributed by atoms with van der Waals surface area (Å²) in [5.74, 6) is 0.0714. The maximum atomic E-state index is 11.8. The van der Waals surface area contributed by atoms with E-state index < -0.39 is 16.9 Å². The second-order valence-corrected chi connectivity index (χ2v) is 4.98. The Kier molecular flexibility index (Phi) is 3.31. The highest BCUT2D eigenvalue weighted by Crippen LogP contribution is 2.33. The Morgan fingerprint density at radius 1 is 1.72 bits per heavy atom. The highest BCUT2D eigenvalue weighted by atomic mass is 16.6. The number of anilines is 1. The number of nitro groups is 1. The molecule has 2 rings (SSSR count). The minimum absolute atomic E-state index is 0.312. The van der Waals surface area contributed by atoms with E-state index in [0.717, 1.165) is 6.54 Å². The number of aromatic nitrogens is 2. The van der Waals surface area contributed by atoms with Gasteiger partial charge in [-0.15, -0.1) is 0 Å². The van der Waals surface area contributed by atoms with Crippen LogP contribution in [-0.2, 0) is 11.3 Å². The predicted molar refractivity (Wildman–Crippen MR) is 64.6 cm³/mol. The first-order valence-corrected chi connectivity index (χ1v) is 5.94. The van der Waals surface area contributed by atoms with E-state index in [2.05, 4.69) is 24.1 Å². The molecule has 1 aromatic rings. The molecule has 18 heavy (non-hydrogen) atoms. The van der Waals surface area contributed by atoms with Crippen molar-refractivity contribution < 1.29 is 9.72 Å². The average Bonchev–Trinajstić information content (AvgIpc) is 2.97. The summed E-state index contributed by atoms with van der Waals surface area (Å²) in [7, 11) is 0. The van der Waals surface area contributed by atoms with Crippen molar-refractivity contribution in [3.05, 3.63) is 22.5 Å². The molecule has 0 spiro atoms. The Morgan fingerprint density at radius 3 is 3.00 bits per heavy atom. The number of nitrogens with zero attached hydrogens (tertiary/aromatic N) is 3. The molecule has 0 aliphatic heterocycles. The molecular weight excluding hydrogens is 236 g/mol. The SMILES string of the molecule is CC(C)Cn1ccnc1NC(=O)C1CC1[N+](=O)[O-]. The van der Waals surface area contributed by atoms with Crippen molar-refractivity contribution >= 4 is 11.9 Å². The minimum atomic E-state index is -0.724. The van der Waals surface area contributed by atoms with Crippen LogP contribution in [0.25, 0.3) is 0 Å². The molecule has 0 bridgehead atoms. The van der Waals surface area contributed by atoms with Crippen molar-refractivity contribution in [2.24, 2.45) is 11.8 Å². The van der Waals surface area contributed by atoms with Crippen LogP contribution in [0, 0.1) is 22.0 Å². The first kappa shape index (κ1) is 12.5. The number of nitrogens with one attached hydrogen (secondary N) is 1. The van der Waals surface area contributed by atoms with Crippen molar-refractivity contribution in [1.29, 1.82) is 0 Å². The van der Waals surface area contributed by atoms with Crippen LogP contribution in [0.15, 0.2) is 12.4 Å². The highest BCUT2D eigenvalue weighted by molar-refractivity contribution is 5.93. The Hall–Kier alpha value is -1.92. The van der Waals surface area contributed by atoms with Crippen molar-refractivity contribution in [2.45, 2.75) is 32.9 Å². The summed E-state index contributed by atoms with van der Waals surface area (Å²) in [5.41, 5.74) is 0. The third kappa shape index (κ3) is 2.66. The fraction of sp³-hybridized carbons (Fsp3) is 0.636. The second-order valence-electron chi connectivity index (χ2n) is 4.98. The first-order chi connectivity index (χ1) is 8.49. The Bertz CT molecular complexity index is 469. The maximum absolute atomic E-state index is 11.8. The van der Waals surface area contributed by atoms with Gasteiger partial charge in [0.15, 0.2) is 0 Å². The van der Waals surface area contributed by atoms with E-state index in [1.165, 1.54) is 0 Å². The molecule has 0 radical (unpaired) electrons. The quantitative estimate of drug-likeness (QED) is 0.628. The fourth-order valence-electron chi connectivity index (χ4n) is 1.87. The number of hydrogen-bond acceptors (Lipinski definition) is 4. The van der Waals surface area contributed by atoms with Gasteiger partial charge in [-0.1, -0.05) is 13.8 Å². The van der Waals surface area contributed by atoms with E-state index in [4.69, 9.17) is 0 Å². The molecule has 7 nitrogen and oxygen atoms in total. The number of rotatable bonds is 5. The summed E-state index contributed by atoms with van der Waals surface area (Å²) < 4.78 is 1.84. The zero-order chi connectivity index (χ0) is 13.3. The zero-order valence-electron chi connectivity index (χ0n) is 10.4. The van der Waals surface area contributed by atoms with Gasteiger partial charge < -0.3 is 4.57 Å². The van der Waals surface area contributed by atoms with Crippen molar-refractivity contribution in [2.75, 3.05) is 5.32 Å². The zero-order valence-corrected chi connectivity index (χ0v) is 10.4. The monoisotopic (exact) mass is 252 g/mol. The molecule has 1 aliphatic rings. The van der Waals surface area contributed by atoms with Gasteiger partial charge in [-0.2, -0.15) is 0 Å². The smallest absolute Gasteiger partial charge is 0.237 e. The topological polar surface area (TPSA) is 90.1 Å². The van der Waals surface area contributed by atoms with Gasteiger partial charge in [-0.05, 0) is 5.92 Å². The number of carbonyl (C=O) groups is 1. The molecule has 0 saturated heterocycles. The summed E-state index contributed by atoms with van der Waals surface area (Å²) in [6.45, 7) is 4.88. The molecule has 1 amide bonds. The Labute approximate surface area is 104 Å². The van der Waals surface area contributed by atoms with Gasteiger partial charge in [0.2, 0.25) is 17.9 Å². The molecule has 1 N–H and O–H groups in total. The molecule has 1 aliphatic carbocycles. The molecule has 1 heterocycles. The lowest BCUT2D eigenvalue weighted by atomic mass is 10.2. The van der Waals surface area contributed by atoms with Crippen LogP contribution in [0.1, 0.15) is 20.3 Å². The molecule has 1 saturated carbocycles. The summed E-state index contributed by atoms with van der Waals surface area (Å²) in [6.07, 6.45) is 3.72. The molecule has 98 valence electrons. The van der Waals surface area contributed by atoms with E-state index >= 15 is 0 Å². The van der Waals surface area contributed by atoms with Crippen LogP contribution < -0.4 is 5.32 Å². The largest absolute Gasteiger partial charge is 0.317 e. The van der Waals surface area contributed by atoms with Crippen molar-refractivity contribution in [3.8, 4) is 0 Å². The number of carbonyl (C=O) groups excluding carboxylic acids is 1. The number of imidazole rings is 1. The minimum Gasteiger partial charge on any atom is -0.317 e. The van der Waals surface area contributed by atoms with Crippen molar-refractivity contribution in [1.82, 2.24) is 9.55 Å². The lowest BCUT2D eigenvalue weighted by Gasteiger charge is -2.10. The Balaban J connectivity index is 1.96. The molecular formula is C11H16N4O3. The lowest BCUT2D eigenvalue weighted by Crippen LogP contribution is -2.21.